The third-order valence-electron chi connectivity index (χ3n) is 3.22. The average Bonchev–Trinajstić information content (AvgIpc) is 2.45. The summed E-state index contributed by atoms with van der Waals surface area (Å²) in [6.07, 6.45) is 0.511. The molecule has 0 aliphatic rings. The van der Waals surface area contributed by atoms with Gasteiger partial charge in [-0.05, 0) is 48.7 Å². The van der Waals surface area contributed by atoms with Gasteiger partial charge in [0.1, 0.15) is 11.6 Å². The lowest BCUT2D eigenvalue weighted by molar-refractivity contribution is 0.283. The fourth-order valence-corrected chi connectivity index (χ4v) is 2.08. The van der Waals surface area contributed by atoms with Crippen molar-refractivity contribution in [2.24, 2.45) is 5.73 Å². The first-order valence-electron chi connectivity index (χ1n) is 6.63. The number of nitrogens with two attached hydrogens (primary N) is 1. The zero-order valence-corrected chi connectivity index (χ0v) is 11.4. The normalized spacial score (nSPS) is 12.2. The largest absolute Gasteiger partial charge is 0.490 e. The van der Waals surface area contributed by atoms with Gasteiger partial charge in [-0.15, -0.1) is 0 Å². The molecule has 0 amide bonds. The van der Waals surface area contributed by atoms with Crippen molar-refractivity contribution in [2.75, 3.05) is 13.2 Å². The Bertz CT molecular complexity index is 604. The zero-order chi connectivity index (χ0) is 15.2. The molecule has 2 nitrogen and oxygen atoms in total. The molecular formula is C16H16F3NO. The summed E-state index contributed by atoms with van der Waals surface area (Å²) in [6, 6.07) is 9.34. The lowest BCUT2D eigenvalue weighted by Crippen LogP contribution is -2.16. The molecule has 2 rings (SSSR count). The lowest BCUT2D eigenvalue weighted by Gasteiger charge is -2.16. The number of ether oxygens (including phenoxy) is 1. The zero-order valence-electron chi connectivity index (χ0n) is 11.4. The van der Waals surface area contributed by atoms with Crippen LogP contribution in [0.1, 0.15) is 17.9 Å². The molecule has 2 aromatic carbocycles. The predicted octanol–water partition coefficient (Wildman–Crippen LogP) is 3.62. The van der Waals surface area contributed by atoms with E-state index in [4.69, 9.17) is 10.5 Å². The van der Waals surface area contributed by atoms with Gasteiger partial charge in [0, 0.05) is 6.07 Å². The Morgan fingerprint density at radius 2 is 1.76 bits per heavy atom. The van der Waals surface area contributed by atoms with Gasteiger partial charge in [-0.2, -0.15) is 0 Å². The van der Waals surface area contributed by atoms with Gasteiger partial charge in [0.15, 0.2) is 11.6 Å². The Kier molecular flexibility index (Phi) is 5.22. The Morgan fingerprint density at radius 1 is 1.00 bits per heavy atom. The van der Waals surface area contributed by atoms with E-state index in [0.29, 0.717) is 13.0 Å². The van der Waals surface area contributed by atoms with Gasteiger partial charge in [-0.25, -0.2) is 13.2 Å². The second kappa shape index (κ2) is 7.13. The molecular weight excluding hydrogens is 279 g/mol. The molecule has 0 aliphatic carbocycles. The molecule has 0 aromatic heterocycles. The van der Waals surface area contributed by atoms with Crippen LogP contribution < -0.4 is 10.5 Å². The summed E-state index contributed by atoms with van der Waals surface area (Å²) >= 11 is 0. The maximum Gasteiger partial charge on any atom is 0.167 e. The standard InChI is InChI=1S/C16H16F3NO/c17-13-3-1-2-11(8-13)12(10-20)6-7-21-16-5-4-14(18)9-15(16)19/h1-5,8-9,12H,6-7,10,20H2. The number of hydrogen-bond acceptors (Lipinski definition) is 2. The van der Waals surface area contributed by atoms with Crippen LogP contribution in [0.15, 0.2) is 42.5 Å². The molecule has 0 saturated carbocycles. The summed E-state index contributed by atoms with van der Waals surface area (Å²) in [5.41, 5.74) is 6.46. The minimum absolute atomic E-state index is 0.00795. The van der Waals surface area contributed by atoms with Crippen LogP contribution in [0.3, 0.4) is 0 Å². The highest BCUT2D eigenvalue weighted by Gasteiger charge is 2.12. The van der Waals surface area contributed by atoms with Gasteiger partial charge in [0.2, 0.25) is 0 Å². The number of halogens is 3. The molecule has 1 unspecified atom stereocenters. The van der Waals surface area contributed by atoms with Crippen molar-refractivity contribution in [1.29, 1.82) is 0 Å². The molecule has 0 fully saturated rings. The monoisotopic (exact) mass is 295 g/mol. The fourth-order valence-electron chi connectivity index (χ4n) is 2.08. The third kappa shape index (κ3) is 4.23. The van der Waals surface area contributed by atoms with E-state index >= 15 is 0 Å². The van der Waals surface area contributed by atoms with E-state index in [1.54, 1.807) is 12.1 Å². The van der Waals surface area contributed by atoms with E-state index in [9.17, 15) is 13.2 Å². The Balaban J connectivity index is 1.94. The summed E-state index contributed by atoms with van der Waals surface area (Å²) < 4.78 is 44.6. The molecule has 112 valence electrons. The maximum atomic E-state index is 13.4. The van der Waals surface area contributed by atoms with Gasteiger partial charge in [-0.1, -0.05) is 12.1 Å². The van der Waals surface area contributed by atoms with Crippen molar-refractivity contribution in [3.8, 4) is 5.75 Å². The highest BCUT2D eigenvalue weighted by molar-refractivity contribution is 5.25. The first-order chi connectivity index (χ1) is 10.1. The van der Waals surface area contributed by atoms with Crippen LogP contribution in [0.2, 0.25) is 0 Å². The van der Waals surface area contributed by atoms with Crippen LogP contribution in [-0.2, 0) is 0 Å². The van der Waals surface area contributed by atoms with E-state index in [1.165, 1.54) is 18.2 Å². The minimum atomic E-state index is -0.745. The van der Waals surface area contributed by atoms with Crippen molar-refractivity contribution in [2.45, 2.75) is 12.3 Å². The number of benzene rings is 2. The Morgan fingerprint density at radius 3 is 2.43 bits per heavy atom. The topological polar surface area (TPSA) is 35.2 Å². The Hall–Kier alpha value is -2.01. The second-order valence-corrected chi connectivity index (χ2v) is 4.70. The maximum absolute atomic E-state index is 13.4. The second-order valence-electron chi connectivity index (χ2n) is 4.70. The van der Waals surface area contributed by atoms with E-state index in [2.05, 4.69) is 0 Å². The fraction of sp³-hybridized carbons (Fsp3) is 0.250. The smallest absolute Gasteiger partial charge is 0.167 e. The van der Waals surface area contributed by atoms with Crippen LogP contribution >= 0.6 is 0 Å². The Labute approximate surface area is 121 Å². The van der Waals surface area contributed by atoms with Gasteiger partial charge in [-0.3, -0.25) is 0 Å². The molecule has 2 N–H and O–H groups in total. The van der Waals surface area contributed by atoms with Crippen molar-refractivity contribution >= 4 is 0 Å². The van der Waals surface area contributed by atoms with Crippen molar-refractivity contribution in [1.82, 2.24) is 0 Å². The molecule has 1 atom stereocenters. The summed E-state index contributed by atoms with van der Waals surface area (Å²) in [4.78, 5) is 0. The van der Waals surface area contributed by atoms with Crippen LogP contribution in [-0.4, -0.2) is 13.2 Å². The predicted molar refractivity (Wildman–Crippen MR) is 74.7 cm³/mol. The van der Waals surface area contributed by atoms with Crippen LogP contribution in [0.5, 0.6) is 5.75 Å². The molecule has 0 aliphatic heterocycles. The highest BCUT2D eigenvalue weighted by atomic mass is 19.1. The van der Waals surface area contributed by atoms with Crippen LogP contribution in [0, 0.1) is 17.5 Å². The molecule has 21 heavy (non-hydrogen) atoms. The van der Waals surface area contributed by atoms with Crippen LogP contribution in [0.4, 0.5) is 13.2 Å². The SMILES string of the molecule is NCC(CCOc1ccc(F)cc1F)c1cccc(F)c1. The summed E-state index contributed by atoms with van der Waals surface area (Å²) in [7, 11) is 0. The molecule has 0 heterocycles. The van der Waals surface area contributed by atoms with Crippen LogP contribution in [0.25, 0.3) is 0 Å². The van der Waals surface area contributed by atoms with Gasteiger partial charge >= 0.3 is 0 Å². The van der Waals surface area contributed by atoms with Gasteiger partial charge in [0.25, 0.3) is 0 Å². The van der Waals surface area contributed by atoms with Gasteiger partial charge in [0.05, 0.1) is 6.61 Å². The molecule has 5 heteroatoms. The molecule has 0 saturated heterocycles. The quantitative estimate of drug-likeness (QED) is 0.883. The summed E-state index contributed by atoms with van der Waals surface area (Å²) in [5.74, 6) is -1.81. The number of rotatable bonds is 6. The van der Waals surface area contributed by atoms with Crippen molar-refractivity contribution in [3.63, 3.8) is 0 Å². The van der Waals surface area contributed by atoms with E-state index in [1.807, 2.05) is 0 Å². The average molecular weight is 295 g/mol. The molecule has 0 bridgehead atoms. The summed E-state index contributed by atoms with van der Waals surface area (Å²) in [5, 5.41) is 0. The van der Waals surface area contributed by atoms with Crippen molar-refractivity contribution in [3.05, 3.63) is 65.5 Å². The number of hydrogen-bond donors (Lipinski definition) is 1. The minimum Gasteiger partial charge on any atom is -0.490 e. The molecule has 2 aromatic rings. The van der Waals surface area contributed by atoms with E-state index < -0.39 is 11.6 Å². The first kappa shape index (κ1) is 15.4. The lowest BCUT2D eigenvalue weighted by atomic mass is 9.96. The van der Waals surface area contributed by atoms with Crippen molar-refractivity contribution < 1.29 is 17.9 Å². The molecule has 0 spiro atoms. The highest BCUT2D eigenvalue weighted by Crippen LogP contribution is 2.22. The third-order valence-corrected chi connectivity index (χ3v) is 3.22. The van der Waals surface area contributed by atoms with Gasteiger partial charge < -0.3 is 10.5 Å². The summed E-state index contributed by atoms with van der Waals surface area (Å²) in [6.45, 7) is 0.541. The van der Waals surface area contributed by atoms with E-state index in [0.717, 1.165) is 17.7 Å². The first-order valence-corrected chi connectivity index (χ1v) is 6.63. The van der Waals surface area contributed by atoms with E-state index in [-0.39, 0.29) is 24.1 Å². The molecule has 0 radical (unpaired) electrons.